The molecule has 8 heteroatoms. The van der Waals surface area contributed by atoms with Crippen molar-refractivity contribution in [2.24, 2.45) is 5.92 Å². The Labute approximate surface area is 165 Å². The monoisotopic (exact) mass is 398 g/mol. The van der Waals surface area contributed by atoms with Crippen molar-refractivity contribution in [3.63, 3.8) is 0 Å². The first-order chi connectivity index (χ1) is 13.5. The third-order valence-electron chi connectivity index (χ3n) is 4.57. The van der Waals surface area contributed by atoms with Crippen LogP contribution >= 0.6 is 11.3 Å². The maximum Gasteiger partial charge on any atom is 0.261 e. The summed E-state index contributed by atoms with van der Waals surface area (Å²) < 4.78 is 15.9. The van der Waals surface area contributed by atoms with Crippen LogP contribution in [0.3, 0.4) is 0 Å². The number of carbonyl (C=O) groups is 2. The summed E-state index contributed by atoms with van der Waals surface area (Å²) in [6.45, 7) is 2.04. The van der Waals surface area contributed by atoms with Gasteiger partial charge in [0, 0.05) is 24.9 Å². The Morgan fingerprint density at radius 3 is 2.82 bits per heavy atom. The van der Waals surface area contributed by atoms with Crippen molar-refractivity contribution in [2.75, 3.05) is 5.32 Å². The van der Waals surface area contributed by atoms with E-state index in [1.54, 1.807) is 35.2 Å². The van der Waals surface area contributed by atoms with E-state index in [0.717, 1.165) is 18.4 Å². The first kappa shape index (κ1) is 18.4. The number of imidazole rings is 1. The number of amides is 2. The number of nitrogens with zero attached hydrogens (tertiary/aromatic N) is 2. The van der Waals surface area contributed by atoms with Gasteiger partial charge in [-0.25, -0.2) is 9.37 Å². The van der Waals surface area contributed by atoms with Crippen molar-refractivity contribution in [3.8, 4) is 5.69 Å². The summed E-state index contributed by atoms with van der Waals surface area (Å²) >= 11 is 1.25. The fourth-order valence-corrected chi connectivity index (χ4v) is 3.86. The number of aryl methyl sites for hydroxylation is 1. The van der Waals surface area contributed by atoms with Crippen LogP contribution in [0.1, 0.15) is 33.6 Å². The number of hydrogen-bond donors (Lipinski definition) is 2. The molecule has 3 aromatic rings. The zero-order chi connectivity index (χ0) is 19.7. The van der Waals surface area contributed by atoms with Crippen LogP contribution in [0.4, 0.5) is 9.39 Å². The summed E-state index contributed by atoms with van der Waals surface area (Å²) in [7, 11) is 0. The normalized spacial score (nSPS) is 13.4. The summed E-state index contributed by atoms with van der Waals surface area (Å²) in [6.07, 6.45) is 6.63. The molecule has 2 amide bonds. The van der Waals surface area contributed by atoms with Gasteiger partial charge in [-0.05, 0) is 49.1 Å². The molecule has 1 aromatic carbocycles. The van der Waals surface area contributed by atoms with Gasteiger partial charge in [0.2, 0.25) is 5.91 Å². The van der Waals surface area contributed by atoms with E-state index in [0.29, 0.717) is 21.1 Å². The largest absolute Gasteiger partial charge is 0.347 e. The molecule has 1 fully saturated rings. The fourth-order valence-electron chi connectivity index (χ4n) is 2.87. The third-order valence-corrected chi connectivity index (χ3v) is 5.72. The SMILES string of the molecule is Cc1cc(NC(=O)C2CC2)sc1C(=O)NCc1ccc(-n2ccnc2)c(F)c1. The smallest absolute Gasteiger partial charge is 0.261 e. The van der Waals surface area contributed by atoms with Crippen molar-refractivity contribution < 1.29 is 14.0 Å². The average molecular weight is 398 g/mol. The summed E-state index contributed by atoms with van der Waals surface area (Å²) in [4.78, 5) is 28.8. The molecule has 0 atom stereocenters. The van der Waals surface area contributed by atoms with Crippen LogP contribution in [-0.4, -0.2) is 21.4 Å². The second kappa shape index (κ2) is 7.55. The lowest BCUT2D eigenvalue weighted by molar-refractivity contribution is -0.117. The number of halogens is 1. The molecule has 0 unspecified atom stereocenters. The van der Waals surface area contributed by atoms with Crippen LogP contribution in [0.5, 0.6) is 0 Å². The molecule has 2 heterocycles. The minimum Gasteiger partial charge on any atom is -0.347 e. The number of aromatic nitrogens is 2. The van der Waals surface area contributed by atoms with E-state index in [1.807, 2.05) is 6.92 Å². The highest BCUT2D eigenvalue weighted by molar-refractivity contribution is 7.18. The van der Waals surface area contributed by atoms with Crippen molar-refractivity contribution in [1.82, 2.24) is 14.9 Å². The predicted molar refractivity (Wildman–Crippen MR) is 105 cm³/mol. The molecule has 0 bridgehead atoms. The van der Waals surface area contributed by atoms with Gasteiger partial charge in [0.25, 0.3) is 5.91 Å². The van der Waals surface area contributed by atoms with Gasteiger partial charge in [-0.15, -0.1) is 11.3 Å². The van der Waals surface area contributed by atoms with E-state index < -0.39 is 0 Å². The summed E-state index contributed by atoms with van der Waals surface area (Å²) in [6, 6.07) is 6.62. The van der Waals surface area contributed by atoms with Crippen LogP contribution in [-0.2, 0) is 11.3 Å². The Hall–Kier alpha value is -3.00. The van der Waals surface area contributed by atoms with Crippen LogP contribution in [0, 0.1) is 18.7 Å². The number of hydrogen-bond acceptors (Lipinski definition) is 4. The van der Waals surface area contributed by atoms with E-state index in [9.17, 15) is 14.0 Å². The number of nitrogens with one attached hydrogen (secondary N) is 2. The Morgan fingerprint density at radius 1 is 1.32 bits per heavy atom. The van der Waals surface area contributed by atoms with Crippen molar-refractivity contribution in [3.05, 3.63) is 64.8 Å². The molecule has 2 N–H and O–H groups in total. The fraction of sp³-hybridized carbons (Fsp3) is 0.250. The van der Waals surface area contributed by atoms with Crippen LogP contribution in [0.25, 0.3) is 5.69 Å². The van der Waals surface area contributed by atoms with Crippen LogP contribution in [0.15, 0.2) is 43.0 Å². The predicted octanol–water partition coefficient (Wildman–Crippen LogP) is 3.66. The molecule has 0 aliphatic heterocycles. The van der Waals surface area contributed by atoms with Crippen molar-refractivity contribution >= 4 is 28.2 Å². The molecule has 0 saturated heterocycles. The highest BCUT2D eigenvalue weighted by Crippen LogP contribution is 2.32. The topological polar surface area (TPSA) is 76.0 Å². The average Bonchev–Trinajstić information content (AvgIpc) is 3.27. The van der Waals surface area contributed by atoms with Gasteiger partial charge in [-0.3, -0.25) is 9.59 Å². The molecular weight excluding hydrogens is 379 g/mol. The molecule has 4 rings (SSSR count). The maximum absolute atomic E-state index is 14.3. The molecule has 0 radical (unpaired) electrons. The lowest BCUT2D eigenvalue weighted by Crippen LogP contribution is -2.22. The van der Waals surface area contributed by atoms with Gasteiger partial charge < -0.3 is 15.2 Å². The molecule has 2 aromatic heterocycles. The van der Waals surface area contributed by atoms with Gasteiger partial charge in [-0.1, -0.05) is 6.07 Å². The Kier molecular flexibility index (Phi) is 4.95. The number of benzene rings is 1. The molecule has 6 nitrogen and oxygen atoms in total. The molecule has 1 saturated carbocycles. The standard InChI is InChI=1S/C20H19FN4O2S/c1-12-8-17(24-19(26)14-3-4-14)28-18(12)20(27)23-10-13-2-5-16(15(21)9-13)25-7-6-22-11-25/h2,5-9,11,14H,3-4,10H2,1H3,(H,23,27)(H,24,26). The number of anilines is 1. The highest BCUT2D eigenvalue weighted by atomic mass is 32.1. The highest BCUT2D eigenvalue weighted by Gasteiger charge is 2.30. The third kappa shape index (κ3) is 3.96. The first-order valence-electron chi connectivity index (χ1n) is 8.97. The van der Waals surface area contributed by atoms with Crippen molar-refractivity contribution in [1.29, 1.82) is 0 Å². The van der Waals surface area contributed by atoms with Crippen molar-refractivity contribution in [2.45, 2.75) is 26.3 Å². The summed E-state index contributed by atoms with van der Waals surface area (Å²) in [5, 5.41) is 6.35. The molecule has 0 spiro atoms. The molecule has 144 valence electrons. The van der Waals surface area contributed by atoms with Gasteiger partial charge in [-0.2, -0.15) is 0 Å². The van der Waals surface area contributed by atoms with Crippen LogP contribution < -0.4 is 10.6 Å². The van der Waals surface area contributed by atoms with Crippen LogP contribution in [0.2, 0.25) is 0 Å². The van der Waals surface area contributed by atoms with Gasteiger partial charge in [0.15, 0.2) is 0 Å². The lowest BCUT2D eigenvalue weighted by atomic mass is 10.2. The molecule has 1 aliphatic carbocycles. The minimum absolute atomic E-state index is 0.0154. The lowest BCUT2D eigenvalue weighted by Gasteiger charge is -2.08. The zero-order valence-corrected chi connectivity index (χ0v) is 16.1. The van der Waals surface area contributed by atoms with E-state index in [1.165, 1.54) is 23.7 Å². The summed E-state index contributed by atoms with van der Waals surface area (Å²) in [5.41, 5.74) is 1.86. The van der Waals surface area contributed by atoms with Gasteiger partial charge in [0.05, 0.1) is 21.9 Å². The quantitative estimate of drug-likeness (QED) is 0.665. The van der Waals surface area contributed by atoms with E-state index in [4.69, 9.17) is 0 Å². The Bertz CT molecular complexity index is 1030. The molecule has 1 aliphatic rings. The second-order valence-electron chi connectivity index (χ2n) is 6.82. The van der Waals surface area contributed by atoms with E-state index in [2.05, 4.69) is 15.6 Å². The Balaban J connectivity index is 1.39. The van der Waals surface area contributed by atoms with Gasteiger partial charge in [0.1, 0.15) is 5.82 Å². The minimum atomic E-state index is -0.387. The second-order valence-corrected chi connectivity index (χ2v) is 7.88. The van der Waals surface area contributed by atoms with E-state index in [-0.39, 0.29) is 30.1 Å². The zero-order valence-electron chi connectivity index (χ0n) is 15.2. The number of carbonyl (C=O) groups excluding carboxylic acids is 2. The van der Waals surface area contributed by atoms with Gasteiger partial charge >= 0.3 is 0 Å². The number of rotatable bonds is 6. The maximum atomic E-state index is 14.3. The molecule has 28 heavy (non-hydrogen) atoms. The van der Waals surface area contributed by atoms with E-state index >= 15 is 0 Å². The molecular formula is C20H19FN4O2S. The summed E-state index contributed by atoms with van der Waals surface area (Å²) in [5.74, 6) is -0.503. The first-order valence-corrected chi connectivity index (χ1v) is 9.79. The number of thiophene rings is 1. The Morgan fingerprint density at radius 2 is 2.14 bits per heavy atom.